The van der Waals surface area contributed by atoms with Crippen LogP contribution in [0.15, 0.2) is 46.6 Å². The Morgan fingerprint density at radius 3 is 1.50 bits per heavy atom. The van der Waals surface area contributed by atoms with Crippen LogP contribution < -0.4 is 49.6 Å². The molecule has 2 rings (SSSR count). The summed E-state index contributed by atoms with van der Waals surface area (Å²) < 4.78 is 0.586. The van der Waals surface area contributed by atoms with Crippen LogP contribution in [0.5, 0.6) is 0 Å². The molecule has 0 saturated carbocycles. The normalized spacial score (nSPS) is 15.8. The van der Waals surface area contributed by atoms with Gasteiger partial charge in [0.2, 0.25) is 0 Å². The first kappa shape index (κ1) is 25.6. The van der Waals surface area contributed by atoms with E-state index < -0.39 is 0 Å². The van der Waals surface area contributed by atoms with E-state index in [-0.39, 0.29) is 49.6 Å². The number of hydrogen-bond donors (Lipinski definition) is 0. The molecule has 0 saturated heterocycles. The third-order valence-corrected chi connectivity index (χ3v) is 4.53. The van der Waals surface area contributed by atoms with E-state index in [0.29, 0.717) is 4.63 Å². The Kier molecular flexibility index (Phi) is 15.7. The molecule has 0 aromatic rings. The molecule has 112 valence electrons. The average Bonchev–Trinajstić information content (AvgIpc) is 2.96. The summed E-state index contributed by atoms with van der Waals surface area (Å²) in [5, 5.41) is 0. The van der Waals surface area contributed by atoms with E-state index in [1.54, 1.807) is 22.3 Å². The van der Waals surface area contributed by atoms with Crippen molar-refractivity contribution in [2.75, 3.05) is 0 Å². The number of allylic oxidation sites excluding steroid dienone is 8. The van der Waals surface area contributed by atoms with Crippen molar-refractivity contribution < 1.29 is 67.1 Å². The zero-order valence-electron chi connectivity index (χ0n) is 11.7. The molecular formula is C15H19Cl4V. The number of hydrogen-bond acceptors (Lipinski definition) is 0. The molecule has 0 aliphatic heterocycles. The first-order chi connectivity index (χ1) is 7.77. The zero-order valence-corrected chi connectivity index (χ0v) is 16.1. The van der Waals surface area contributed by atoms with Gasteiger partial charge in [0.05, 0.1) is 0 Å². The Balaban J connectivity index is -0.000000722. The van der Waals surface area contributed by atoms with Gasteiger partial charge in [0.1, 0.15) is 0 Å². The van der Waals surface area contributed by atoms with Gasteiger partial charge in [0.25, 0.3) is 0 Å². The summed E-state index contributed by atoms with van der Waals surface area (Å²) in [6.45, 7) is 4.51. The van der Waals surface area contributed by atoms with Crippen LogP contribution in [-0.4, -0.2) is 0 Å². The van der Waals surface area contributed by atoms with E-state index in [2.05, 4.69) is 55.6 Å². The molecule has 0 amide bonds. The molecule has 0 aromatic heterocycles. The summed E-state index contributed by atoms with van der Waals surface area (Å²) in [6.07, 6.45) is 13.9. The van der Waals surface area contributed by atoms with E-state index in [0.717, 1.165) is 12.8 Å². The molecule has 0 aromatic carbocycles. The van der Waals surface area contributed by atoms with Crippen LogP contribution in [0.3, 0.4) is 0 Å². The summed E-state index contributed by atoms with van der Waals surface area (Å²) in [4.78, 5) is 0. The average molecular weight is 392 g/mol. The summed E-state index contributed by atoms with van der Waals surface area (Å²) in [6, 6.07) is 0. The second-order valence-electron chi connectivity index (χ2n) is 4.42. The van der Waals surface area contributed by atoms with Crippen LogP contribution in [0.1, 0.15) is 39.5 Å². The minimum atomic E-state index is 0. The van der Waals surface area contributed by atoms with Gasteiger partial charge >= 0.3 is 108 Å². The molecule has 0 atom stereocenters. The molecule has 2 aliphatic rings. The summed E-state index contributed by atoms with van der Waals surface area (Å²) in [7, 11) is 0. The maximum absolute atomic E-state index is 2.89. The Hall–Kier alpha value is 0.704. The van der Waals surface area contributed by atoms with Crippen LogP contribution in [0, 0.1) is 0 Å². The Labute approximate surface area is 157 Å². The molecule has 0 fully saturated rings. The van der Waals surface area contributed by atoms with Gasteiger partial charge in [-0.3, -0.25) is 0 Å². The molecule has 0 N–H and O–H groups in total. The van der Waals surface area contributed by atoms with Gasteiger partial charge in [-0.2, -0.15) is 0 Å². The molecular weight excluding hydrogens is 373 g/mol. The van der Waals surface area contributed by atoms with Gasteiger partial charge in [-0.15, -0.1) is 0 Å². The van der Waals surface area contributed by atoms with Gasteiger partial charge in [-0.05, 0) is 0 Å². The van der Waals surface area contributed by atoms with Crippen LogP contribution in [-0.2, 0) is 17.4 Å². The standard InChI is InChI=1S/C15H19.4ClH.V/c1-3-12-7-5-9-14(12)11-15-10-6-8-13(15)4-2;;;;;/h5-8,11H,3-4,9-10H2,1-2H3;4*1H;/q;;;;;+4/p-4. The van der Waals surface area contributed by atoms with Crippen molar-refractivity contribution in [3.05, 3.63) is 46.6 Å². The van der Waals surface area contributed by atoms with Crippen molar-refractivity contribution in [1.29, 1.82) is 0 Å². The fourth-order valence-corrected chi connectivity index (χ4v) is 3.45. The molecule has 0 heterocycles. The van der Waals surface area contributed by atoms with E-state index in [1.807, 2.05) is 0 Å². The molecule has 0 spiro atoms. The van der Waals surface area contributed by atoms with Crippen LogP contribution in [0.2, 0.25) is 4.63 Å². The third kappa shape index (κ3) is 5.48. The van der Waals surface area contributed by atoms with E-state index in [4.69, 9.17) is 0 Å². The van der Waals surface area contributed by atoms with E-state index in [9.17, 15) is 0 Å². The van der Waals surface area contributed by atoms with Crippen LogP contribution in [0.25, 0.3) is 0 Å². The van der Waals surface area contributed by atoms with Gasteiger partial charge in [0, 0.05) is 0 Å². The summed E-state index contributed by atoms with van der Waals surface area (Å²) in [5.74, 6) is 0. The van der Waals surface area contributed by atoms with Crippen LogP contribution >= 0.6 is 0 Å². The Morgan fingerprint density at radius 1 is 0.850 bits per heavy atom. The molecule has 5 heteroatoms. The van der Waals surface area contributed by atoms with Crippen molar-refractivity contribution in [1.82, 2.24) is 0 Å². The molecule has 0 bridgehead atoms. The van der Waals surface area contributed by atoms with E-state index in [1.165, 1.54) is 12.8 Å². The fourth-order valence-electron chi connectivity index (χ4n) is 2.61. The number of rotatable bonds is 4. The summed E-state index contributed by atoms with van der Waals surface area (Å²) >= 11 is 2.89. The van der Waals surface area contributed by atoms with Gasteiger partial charge in [0.15, 0.2) is 0 Å². The van der Waals surface area contributed by atoms with Gasteiger partial charge in [-0.1, -0.05) is 0 Å². The minimum Gasteiger partial charge on any atom is -1.00 e. The van der Waals surface area contributed by atoms with Gasteiger partial charge in [-0.25, -0.2) is 0 Å². The molecule has 0 radical (unpaired) electrons. The quantitative estimate of drug-likeness (QED) is 0.447. The first-order valence-corrected chi connectivity index (χ1v) is 7.03. The molecule has 20 heavy (non-hydrogen) atoms. The van der Waals surface area contributed by atoms with E-state index >= 15 is 0 Å². The first-order valence-electron chi connectivity index (χ1n) is 6.22. The predicted octanol–water partition coefficient (Wildman–Crippen LogP) is -7.33. The number of halogens is 4. The van der Waals surface area contributed by atoms with Crippen molar-refractivity contribution >= 4 is 0 Å². The second kappa shape index (κ2) is 12.3. The van der Waals surface area contributed by atoms with Crippen molar-refractivity contribution in [2.45, 2.75) is 44.2 Å². The maximum atomic E-state index is 2.89. The maximum Gasteiger partial charge on any atom is -1.00 e. The molecule has 0 unspecified atom stereocenters. The molecule has 2 aliphatic carbocycles. The van der Waals surface area contributed by atoms with Crippen molar-refractivity contribution in [2.24, 2.45) is 0 Å². The third-order valence-electron chi connectivity index (χ3n) is 3.56. The Bertz CT molecular complexity index is 370. The van der Waals surface area contributed by atoms with Gasteiger partial charge < -0.3 is 49.6 Å². The van der Waals surface area contributed by atoms with Crippen molar-refractivity contribution in [3.8, 4) is 0 Å². The van der Waals surface area contributed by atoms with Crippen LogP contribution in [0.4, 0.5) is 0 Å². The SMILES string of the molecule is CCC1=C([CH]([V+4])C2=C(CC)C=CC2)CC=C1.[Cl-].[Cl-].[Cl-].[Cl-]. The molecule has 0 nitrogen and oxygen atoms in total. The second-order valence-corrected chi connectivity index (χ2v) is 5.23. The Morgan fingerprint density at radius 2 is 1.20 bits per heavy atom. The smallest absolute Gasteiger partial charge is 1.00 e. The summed E-state index contributed by atoms with van der Waals surface area (Å²) in [5.41, 5.74) is 6.38. The predicted molar refractivity (Wildman–Crippen MR) is 65.9 cm³/mol. The largest absolute Gasteiger partial charge is 1.00 e. The zero-order chi connectivity index (χ0) is 11.5. The monoisotopic (exact) mass is 390 g/mol. The van der Waals surface area contributed by atoms with Crippen molar-refractivity contribution in [3.63, 3.8) is 0 Å². The topological polar surface area (TPSA) is 0 Å². The fraction of sp³-hybridized carbons (Fsp3) is 0.467. The minimum absolute atomic E-state index is 0.